The Morgan fingerprint density at radius 1 is 1.24 bits per heavy atom. The van der Waals surface area contributed by atoms with Crippen molar-refractivity contribution in [2.24, 2.45) is 0 Å². The zero-order chi connectivity index (χ0) is 18.6. The van der Waals surface area contributed by atoms with Crippen molar-refractivity contribution in [2.75, 3.05) is 23.3 Å². The van der Waals surface area contributed by atoms with E-state index in [-0.39, 0.29) is 16.6 Å². The Balaban J connectivity index is 2.44. The molecule has 0 spiro atoms. The zero-order valence-corrected chi connectivity index (χ0v) is 15.1. The lowest BCUT2D eigenvalue weighted by Gasteiger charge is -2.22. The Labute approximate surface area is 151 Å². The van der Waals surface area contributed by atoms with Crippen LogP contribution in [0.5, 0.6) is 0 Å². The smallest absolute Gasteiger partial charge is 0.294 e. The molecule has 0 aromatic heterocycles. The topological polar surface area (TPSA) is 75.5 Å². The Hall–Kier alpha value is -2.60. The molecule has 2 rings (SSSR count). The van der Waals surface area contributed by atoms with Crippen LogP contribution in [0.15, 0.2) is 36.4 Å². The van der Waals surface area contributed by atoms with E-state index in [0.717, 1.165) is 5.56 Å². The minimum absolute atomic E-state index is 0.0809. The van der Waals surface area contributed by atoms with Crippen LogP contribution in [-0.2, 0) is 0 Å². The van der Waals surface area contributed by atoms with Crippen LogP contribution in [0.3, 0.4) is 0 Å². The molecule has 1 N–H and O–H groups in total. The first-order chi connectivity index (χ1) is 11.9. The molecule has 0 radical (unpaired) electrons. The Bertz CT molecular complexity index is 804. The van der Waals surface area contributed by atoms with Crippen molar-refractivity contribution in [2.45, 2.75) is 20.8 Å². The second-order valence-corrected chi connectivity index (χ2v) is 5.93. The number of nitrogens with zero attached hydrogens (tertiary/aromatic N) is 2. The van der Waals surface area contributed by atoms with E-state index in [1.165, 1.54) is 6.07 Å². The van der Waals surface area contributed by atoms with Crippen LogP contribution in [0.4, 0.5) is 17.1 Å². The number of rotatable bonds is 6. The number of halogens is 1. The summed E-state index contributed by atoms with van der Waals surface area (Å²) >= 11 is 6.17. The van der Waals surface area contributed by atoms with Crippen molar-refractivity contribution in [3.63, 3.8) is 0 Å². The largest absolute Gasteiger partial charge is 0.366 e. The van der Waals surface area contributed by atoms with Gasteiger partial charge in [-0.1, -0.05) is 29.8 Å². The SMILES string of the molecule is CCN(CC)c1cc(NC(=O)c2ccccc2C)c(Cl)cc1[N+](=O)[O-]. The van der Waals surface area contributed by atoms with Crippen LogP contribution in [0.25, 0.3) is 0 Å². The minimum Gasteiger partial charge on any atom is -0.366 e. The number of anilines is 2. The quantitative estimate of drug-likeness (QED) is 0.600. The molecular formula is C18H20ClN3O3. The van der Waals surface area contributed by atoms with Crippen LogP contribution in [0.1, 0.15) is 29.8 Å². The van der Waals surface area contributed by atoms with Gasteiger partial charge in [0, 0.05) is 24.7 Å². The maximum absolute atomic E-state index is 12.5. The second-order valence-electron chi connectivity index (χ2n) is 5.52. The van der Waals surface area contributed by atoms with Crippen LogP contribution in [0.2, 0.25) is 5.02 Å². The molecule has 25 heavy (non-hydrogen) atoms. The molecule has 0 unspecified atom stereocenters. The Morgan fingerprint density at radius 3 is 2.44 bits per heavy atom. The van der Waals surface area contributed by atoms with Crippen molar-refractivity contribution >= 4 is 34.6 Å². The first-order valence-corrected chi connectivity index (χ1v) is 8.36. The first kappa shape index (κ1) is 18.7. The molecule has 0 bridgehead atoms. The van der Waals surface area contributed by atoms with Crippen molar-refractivity contribution in [1.82, 2.24) is 0 Å². The summed E-state index contributed by atoms with van der Waals surface area (Å²) in [5.74, 6) is -0.306. The van der Waals surface area contributed by atoms with Gasteiger partial charge in [-0.2, -0.15) is 0 Å². The molecule has 0 aliphatic heterocycles. The summed E-state index contributed by atoms with van der Waals surface area (Å²) in [6, 6.07) is 10.0. The number of carbonyl (C=O) groups excluding carboxylic acids is 1. The van der Waals surface area contributed by atoms with Gasteiger partial charge in [0.05, 0.1) is 15.6 Å². The molecule has 6 nitrogen and oxygen atoms in total. The lowest BCUT2D eigenvalue weighted by atomic mass is 10.1. The summed E-state index contributed by atoms with van der Waals surface area (Å²) in [5, 5.41) is 14.2. The van der Waals surface area contributed by atoms with Crippen LogP contribution in [-0.4, -0.2) is 23.9 Å². The molecule has 0 saturated heterocycles. The number of hydrogen-bond donors (Lipinski definition) is 1. The monoisotopic (exact) mass is 361 g/mol. The van der Waals surface area contributed by atoms with E-state index < -0.39 is 4.92 Å². The van der Waals surface area contributed by atoms with Gasteiger partial charge in [0.1, 0.15) is 5.69 Å². The highest BCUT2D eigenvalue weighted by atomic mass is 35.5. The number of nitro groups is 1. The summed E-state index contributed by atoms with van der Waals surface area (Å²) in [4.78, 5) is 25.2. The first-order valence-electron chi connectivity index (χ1n) is 7.98. The molecule has 0 aliphatic rings. The van der Waals surface area contributed by atoms with Gasteiger partial charge in [0.25, 0.3) is 11.6 Å². The van der Waals surface area contributed by atoms with Gasteiger partial charge >= 0.3 is 0 Å². The normalized spacial score (nSPS) is 10.4. The maximum atomic E-state index is 12.5. The minimum atomic E-state index is -0.466. The molecule has 0 heterocycles. The van der Waals surface area contributed by atoms with Gasteiger partial charge in [-0.3, -0.25) is 14.9 Å². The van der Waals surface area contributed by atoms with E-state index in [9.17, 15) is 14.9 Å². The molecular weight excluding hydrogens is 342 g/mol. The number of amides is 1. The molecule has 7 heteroatoms. The highest BCUT2D eigenvalue weighted by Crippen LogP contribution is 2.36. The van der Waals surface area contributed by atoms with E-state index in [2.05, 4.69) is 5.32 Å². The van der Waals surface area contributed by atoms with E-state index in [1.807, 2.05) is 37.8 Å². The summed E-state index contributed by atoms with van der Waals surface area (Å²) in [7, 11) is 0. The average Bonchev–Trinajstić information content (AvgIpc) is 2.58. The Kier molecular flexibility index (Phi) is 5.98. The van der Waals surface area contributed by atoms with Gasteiger partial charge in [0.15, 0.2) is 0 Å². The molecule has 2 aromatic rings. The fourth-order valence-corrected chi connectivity index (χ4v) is 2.83. The van der Waals surface area contributed by atoms with Gasteiger partial charge < -0.3 is 10.2 Å². The van der Waals surface area contributed by atoms with Gasteiger partial charge in [0.2, 0.25) is 0 Å². The fraction of sp³-hybridized carbons (Fsp3) is 0.278. The molecule has 1 amide bonds. The molecule has 0 fully saturated rings. The summed E-state index contributed by atoms with van der Waals surface area (Å²) < 4.78 is 0. The van der Waals surface area contributed by atoms with Crippen molar-refractivity contribution in [1.29, 1.82) is 0 Å². The zero-order valence-electron chi connectivity index (χ0n) is 14.4. The van der Waals surface area contributed by atoms with Gasteiger partial charge in [-0.25, -0.2) is 0 Å². The van der Waals surface area contributed by atoms with E-state index in [1.54, 1.807) is 18.2 Å². The van der Waals surface area contributed by atoms with E-state index >= 15 is 0 Å². The molecule has 0 atom stereocenters. The lowest BCUT2D eigenvalue weighted by molar-refractivity contribution is -0.384. The van der Waals surface area contributed by atoms with Crippen LogP contribution in [0, 0.1) is 17.0 Å². The third-order valence-electron chi connectivity index (χ3n) is 4.00. The van der Waals surface area contributed by atoms with E-state index in [4.69, 9.17) is 11.6 Å². The molecule has 2 aromatic carbocycles. The average molecular weight is 362 g/mol. The third kappa shape index (κ3) is 4.09. The fourth-order valence-electron chi connectivity index (χ4n) is 2.63. The maximum Gasteiger partial charge on any atom is 0.294 e. The highest BCUT2D eigenvalue weighted by Gasteiger charge is 2.22. The third-order valence-corrected chi connectivity index (χ3v) is 4.32. The number of aryl methyl sites for hydroxylation is 1. The number of hydrogen-bond acceptors (Lipinski definition) is 4. The van der Waals surface area contributed by atoms with Gasteiger partial charge in [-0.05, 0) is 38.5 Å². The molecule has 132 valence electrons. The number of carbonyl (C=O) groups is 1. The predicted molar refractivity (Wildman–Crippen MR) is 101 cm³/mol. The molecule has 0 aliphatic carbocycles. The van der Waals surface area contributed by atoms with Crippen LogP contribution >= 0.6 is 11.6 Å². The molecule has 0 saturated carbocycles. The van der Waals surface area contributed by atoms with Gasteiger partial charge in [-0.15, -0.1) is 0 Å². The number of nitrogens with one attached hydrogen (secondary N) is 1. The second kappa shape index (κ2) is 7.98. The highest BCUT2D eigenvalue weighted by molar-refractivity contribution is 6.34. The van der Waals surface area contributed by atoms with E-state index in [0.29, 0.717) is 30.0 Å². The number of nitro benzene ring substituents is 1. The predicted octanol–water partition coefficient (Wildman–Crippen LogP) is 4.66. The van der Waals surface area contributed by atoms with Crippen molar-refractivity contribution in [3.8, 4) is 0 Å². The summed E-state index contributed by atoms with van der Waals surface area (Å²) in [6.45, 7) is 6.86. The van der Waals surface area contributed by atoms with Crippen molar-refractivity contribution in [3.05, 3.63) is 62.7 Å². The standard InChI is InChI=1S/C18H20ClN3O3/c1-4-21(5-2)16-11-15(14(19)10-17(16)22(24)25)20-18(23)13-9-7-6-8-12(13)3/h6-11H,4-5H2,1-3H3,(H,20,23). The lowest BCUT2D eigenvalue weighted by Crippen LogP contribution is -2.23. The van der Waals surface area contributed by atoms with Crippen molar-refractivity contribution < 1.29 is 9.72 Å². The number of benzene rings is 2. The summed E-state index contributed by atoms with van der Waals surface area (Å²) in [6.07, 6.45) is 0. The Morgan fingerprint density at radius 2 is 1.88 bits per heavy atom. The summed E-state index contributed by atoms with van der Waals surface area (Å²) in [5.41, 5.74) is 2.06. The van der Waals surface area contributed by atoms with Crippen LogP contribution < -0.4 is 10.2 Å².